The molecule has 0 saturated heterocycles. The molecule has 0 aliphatic carbocycles. The predicted molar refractivity (Wildman–Crippen MR) is 64.3 cm³/mol. The van der Waals surface area contributed by atoms with Gasteiger partial charge in [-0.3, -0.25) is 14.9 Å². The number of nitrogens with one attached hydrogen (secondary N) is 2. The second kappa shape index (κ2) is 7.02. The van der Waals surface area contributed by atoms with Crippen molar-refractivity contribution < 1.29 is 19.8 Å². The fraction of sp³-hybridized carbons (Fsp3) is 0.182. The summed E-state index contributed by atoms with van der Waals surface area (Å²) in [5, 5.41) is 23.8. The lowest BCUT2D eigenvalue weighted by Crippen LogP contribution is -2.33. The molecule has 0 bridgehead atoms. The van der Waals surface area contributed by atoms with Gasteiger partial charge in [0.15, 0.2) is 0 Å². The van der Waals surface area contributed by atoms with Crippen molar-refractivity contribution in [1.29, 1.82) is 0 Å². The number of phenols is 1. The van der Waals surface area contributed by atoms with Gasteiger partial charge in [0, 0.05) is 5.56 Å². The molecule has 1 amide bonds. The molecule has 0 heterocycles. The first kappa shape index (κ1) is 13.7. The maximum absolute atomic E-state index is 11.2. The Bertz CT molecular complexity index is 459. The molecular formula is C11H13N3O4. The number of phenolic OH excluding ortho intramolecular Hbond substituents is 1. The summed E-state index contributed by atoms with van der Waals surface area (Å²) in [6.07, 6.45) is 1.30. The maximum atomic E-state index is 11.2. The number of nitrogens with zero attached hydrogens (tertiary/aromatic N) is 1. The highest BCUT2D eigenvalue weighted by molar-refractivity contribution is 5.85. The monoisotopic (exact) mass is 251 g/mol. The Balaban J connectivity index is 2.34. The number of amides is 1. The summed E-state index contributed by atoms with van der Waals surface area (Å²) in [7, 11) is 0. The van der Waals surface area contributed by atoms with Gasteiger partial charge in [0.2, 0.25) is 0 Å². The van der Waals surface area contributed by atoms with Crippen molar-refractivity contribution in [3.8, 4) is 5.75 Å². The van der Waals surface area contributed by atoms with E-state index in [-0.39, 0.29) is 18.8 Å². The molecular weight excluding hydrogens is 238 g/mol. The Kier molecular flexibility index (Phi) is 5.33. The zero-order chi connectivity index (χ0) is 13.4. The van der Waals surface area contributed by atoms with E-state index in [0.717, 1.165) is 0 Å². The van der Waals surface area contributed by atoms with Crippen LogP contribution in [0.1, 0.15) is 5.56 Å². The fourth-order valence-electron chi connectivity index (χ4n) is 1.09. The third-order valence-electron chi connectivity index (χ3n) is 1.89. The van der Waals surface area contributed by atoms with Gasteiger partial charge in [0.25, 0.3) is 5.91 Å². The van der Waals surface area contributed by atoms with Gasteiger partial charge < -0.3 is 10.2 Å². The molecule has 0 atom stereocenters. The van der Waals surface area contributed by atoms with Crippen molar-refractivity contribution in [3.05, 3.63) is 29.8 Å². The molecule has 18 heavy (non-hydrogen) atoms. The highest BCUT2D eigenvalue weighted by Crippen LogP contribution is 2.12. The molecule has 0 aromatic heterocycles. The number of carboxylic acid groups (broad SMARTS) is 1. The number of hydrogen-bond donors (Lipinski definition) is 4. The van der Waals surface area contributed by atoms with Crippen LogP contribution in [0.4, 0.5) is 0 Å². The van der Waals surface area contributed by atoms with Gasteiger partial charge in [-0.2, -0.15) is 5.10 Å². The lowest BCUT2D eigenvalue weighted by atomic mass is 10.2. The molecule has 1 aromatic carbocycles. The highest BCUT2D eigenvalue weighted by atomic mass is 16.4. The standard InChI is InChI=1S/C11H13N3O4/c15-9-4-2-1-3-8(9)5-13-14-10(16)6-12-7-11(17)18/h1-5,12,15H,6-7H2,(H,14,16)(H,17,18). The lowest BCUT2D eigenvalue weighted by Gasteiger charge is -2.00. The Morgan fingerprint density at radius 2 is 2.00 bits per heavy atom. The minimum Gasteiger partial charge on any atom is -0.507 e. The molecule has 0 aliphatic heterocycles. The summed E-state index contributed by atoms with van der Waals surface area (Å²) in [5.41, 5.74) is 2.66. The van der Waals surface area contributed by atoms with Crippen molar-refractivity contribution in [2.24, 2.45) is 5.10 Å². The Labute approximate surface area is 103 Å². The molecule has 1 aromatic rings. The number of para-hydroxylation sites is 1. The maximum Gasteiger partial charge on any atom is 0.317 e. The van der Waals surface area contributed by atoms with Crippen LogP contribution in [-0.2, 0) is 9.59 Å². The van der Waals surface area contributed by atoms with E-state index in [1.54, 1.807) is 18.2 Å². The van der Waals surface area contributed by atoms with Gasteiger partial charge >= 0.3 is 5.97 Å². The van der Waals surface area contributed by atoms with Crippen LogP contribution in [0.15, 0.2) is 29.4 Å². The van der Waals surface area contributed by atoms with Crippen LogP contribution in [0.3, 0.4) is 0 Å². The van der Waals surface area contributed by atoms with Gasteiger partial charge in [0.05, 0.1) is 19.3 Å². The molecule has 0 aliphatic rings. The SMILES string of the molecule is O=C(O)CNCC(=O)NN=Cc1ccccc1O. The fourth-order valence-corrected chi connectivity index (χ4v) is 1.09. The number of carbonyl (C=O) groups is 2. The van der Waals surface area contributed by atoms with E-state index in [2.05, 4.69) is 15.8 Å². The van der Waals surface area contributed by atoms with Crippen molar-refractivity contribution >= 4 is 18.1 Å². The normalized spacial score (nSPS) is 10.4. The quantitative estimate of drug-likeness (QED) is 0.403. The van der Waals surface area contributed by atoms with E-state index in [9.17, 15) is 14.7 Å². The molecule has 4 N–H and O–H groups in total. The van der Waals surface area contributed by atoms with Gasteiger partial charge in [-0.1, -0.05) is 12.1 Å². The molecule has 0 radical (unpaired) electrons. The zero-order valence-corrected chi connectivity index (χ0v) is 9.46. The first-order valence-corrected chi connectivity index (χ1v) is 5.12. The number of aromatic hydroxyl groups is 1. The number of rotatable bonds is 6. The average molecular weight is 251 g/mol. The van der Waals surface area contributed by atoms with E-state index in [1.165, 1.54) is 12.3 Å². The summed E-state index contributed by atoms with van der Waals surface area (Å²) in [6.45, 7) is -0.443. The summed E-state index contributed by atoms with van der Waals surface area (Å²) < 4.78 is 0. The van der Waals surface area contributed by atoms with Crippen molar-refractivity contribution in [3.63, 3.8) is 0 Å². The smallest absolute Gasteiger partial charge is 0.317 e. The van der Waals surface area contributed by atoms with E-state index in [4.69, 9.17) is 5.11 Å². The predicted octanol–water partition coefficient (Wildman–Crippen LogP) is -0.483. The zero-order valence-electron chi connectivity index (χ0n) is 9.46. The van der Waals surface area contributed by atoms with Crippen LogP contribution >= 0.6 is 0 Å². The Morgan fingerprint density at radius 3 is 2.67 bits per heavy atom. The molecule has 0 saturated carbocycles. The van der Waals surface area contributed by atoms with Crippen LogP contribution in [0.2, 0.25) is 0 Å². The van der Waals surface area contributed by atoms with Crippen LogP contribution in [0.5, 0.6) is 5.75 Å². The number of carbonyl (C=O) groups excluding carboxylic acids is 1. The summed E-state index contributed by atoms with van der Waals surface area (Å²) in [4.78, 5) is 21.3. The first-order valence-electron chi connectivity index (χ1n) is 5.12. The van der Waals surface area contributed by atoms with Gasteiger partial charge in [0.1, 0.15) is 5.75 Å². The lowest BCUT2D eigenvalue weighted by molar-refractivity contribution is -0.136. The van der Waals surface area contributed by atoms with Crippen LogP contribution < -0.4 is 10.7 Å². The minimum atomic E-state index is -1.04. The molecule has 0 fully saturated rings. The second-order valence-electron chi connectivity index (χ2n) is 3.35. The van der Waals surface area contributed by atoms with Gasteiger partial charge in [-0.25, -0.2) is 5.43 Å². The van der Waals surface area contributed by atoms with Crippen LogP contribution in [0, 0.1) is 0 Å². The highest BCUT2D eigenvalue weighted by Gasteiger charge is 2.01. The molecule has 7 heteroatoms. The summed E-state index contributed by atoms with van der Waals surface area (Å²) in [6, 6.07) is 6.52. The van der Waals surface area contributed by atoms with E-state index in [1.807, 2.05) is 0 Å². The molecule has 7 nitrogen and oxygen atoms in total. The molecule has 1 rings (SSSR count). The van der Waals surface area contributed by atoms with Crippen LogP contribution in [-0.4, -0.2) is 41.4 Å². The number of hydrogen-bond acceptors (Lipinski definition) is 5. The molecule has 0 unspecified atom stereocenters. The number of benzene rings is 1. The molecule has 0 spiro atoms. The first-order chi connectivity index (χ1) is 8.59. The topological polar surface area (TPSA) is 111 Å². The largest absolute Gasteiger partial charge is 0.507 e. The summed E-state index contributed by atoms with van der Waals surface area (Å²) in [5.74, 6) is -1.46. The average Bonchev–Trinajstić information content (AvgIpc) is 2.31. The van der Waals surface area contributed by atoms with E-state index >= 15 is 0 Å². The Hall–Kier alpha value is -2.41. The second-order valence-corrected chi connectivity index (χ2v) is 3.35. The number of aliphatic carboxylic acids is 1. The molecule has 96 valence electrons. The number of hydrazone groups is 1. The third kappa shape index (κ3) is 5.08. The van der Waals surface area contributed by atoms with Gasteiger partial charge in [-0.15, -0.1) is 0 Å². The van der Waals surface area contributed by atoms with E-state index < -0.39 is 11.9 Å². The summed E-state index contributed by atoms with van der Waals surface area (Å²) >= 11 is 0. The minimum absolute atomic E-state index is 0.0551. The van der Waals surface area contributed by atoms with Gasteiger partial charge in [-0.05, 0) is 12.1 Å². The van der Waals surface area contributed by atoms with Crippen molar-refractivity contribution in [2.45, 2.75) is 0 Å². The Morgan fingerprint density at radius 1 is 1.28 bits per heavy atom. The number of carboxylic acids is 1. The van der Waals surface area contributed by atoms with Crippen molar-refractivity contribution in [2.75, 3.05) is 13.1 Å². The van der Waals surface area contributed by atoms with E-state index in [0.29, 0.717) is 5.56 Å². The third-order valence-corrected chi connectivity index (χ3v) is 1.89. The van der Waals surface area contributed by atoms with Crippen LogP contribution in [0.25, 0.3) is 0 Å². The van der Waals surface area contributed by atoms with Crippen molar-refractivity contribution in [1.82, 2.24) is 10.7 Å².